The lowest BCUT2D eigenvalue weighted by Crippen LogP contribution is -2.36. The highest BCUT2D eigenvalue weighted by molar-refractivity contribution is 7.89. The number of carbonyl (C=O) groups excluding carboxylic acids is 1. The topological polar surface area (TPSA) is 82.1 Å². The van der Waals surface area contributed by atoms with Crippen molar-refractivity contribution in [1.82, 2.24) is 4.31 Å². The normalized spacial score (nSPS) is 14.3. The Morgan fingerprint density at radius 1 is 1.00 bits per heavy atom. The lowest BCUT2D eigenvalue weighted by atomic mass is 10.0. The van der Waals surface area contributed by atoms with E-state index in [-0.39, 0.29) is 17.0 Å². The fourth-order valence-electron chi connectivity index (χ4n) is 3.11. The van der Waals surface area contributed by atoms with E-state index in [1.165, 1.54) is 35.7 Å². The number of nitrogens with zero attached hydrogens (tertiary/aromatic N) is 1. The molecule has 0 aliphatic carbocycles. The minimum atomic E-state index is -3.75. The summed E-state index contributed by atoms with van der Waals surface area (Å²) in [5, 5.41) is 0. The average Bonchev–Trinajstić information content (AvgIpc) is 2.71. The van der Waals surface area contributed by atoms with Crippen LogP contribution in [0.3, 0.4) is 0 Å². The van der Waals surface area contributed by atoms with Crippen molar-refractivity contribution in [2.45, 2.75) is 17.9 Å². The molecular weight excluding hydrogens is 370 g/mol. The first-order chi connectivity index (χ1) is 12.9. The Morgan fingerprint density at radius 2 is 1.67 bits per heavy atom. The van der Waals surface area contributed by atoms with Gasteiger partial charge in [-0.1, -0.05) is 6.07 Å². The third kappa shape index (κ3) is 3.63. The molecular formula is C19H21NO6S. The fourth-order valence-corrected chi connectivity index (χ4v) is 4.58. The van der Waals surface area contributed by atoms with E-state index >= 15 is 0 Å². The second kappa shape index (κ2) is 7.58. The van der Waals surface area contributed by atoms with Crippen molar-refractivity contribution in [2.24, 2.45) is 0 Å². The summed E-state index contributed by atoms with van der Waals surface area (Å²) in [6.45, 7) is 0.563. The highest BCUT2D eigenvalue weighted by Gasteiger charge is 2.29. The van der Waals surface area contributed by atoms with Crippen LogP contribution in [0.1, 0.15) is 21.5 Å². The number of ether oxygens (including phenoxy) is 3. The minimum absolute atomic E-state index is 0.0642. The lowest BCUT2D eigenvalue weighted by Gasteiger charge is -2.29. The van der Waals surface area contributed by atoms with Gasteiger partial charge in [0.15, 0.2) is 11.5 Å². The number of esters is 1. The van der Waals surface area contributed by atoms with Crippen LogP contribution < -0.4 is 9.47 Å². The van der Waals surface area contributed by atoms with Crippen molar-refractivity contribution < 1.29 is 27.4 Å². The Labute approximate surface area is 158 Å². The van der Waals surface area contributed by atoms with Gasteiger partial charge in [-0.05, 0) is 47.9 Å². The SMILES string of the molecule is COC(=O)c1cccc(S(=O)(=O)N2CCc3cc(OC)c(OC)cc3C2)c1. The Bertz CT molecular complexity index is 970. The number of hydrogen-bond acceptors (Lipinski definition) is 6. The molecule has 3 rings (SSSR count). The molecule has 1 aliphatic rings. The van der Waals surface area contributed by atoms with Gasteiger partial charge in [0, 0.05) is 13.1 Å². The zero-order valence-corrected chi connectivity index (χ0v) is 16.2. The highest BCUT2D eigenvalue weighted by Crippen LogP contribution is 2.34. The first-order valence-corrected chi connectivity index (χ1v) is 9.77. The maximum absolute atomic E-state index is 13.1. The quantitative estimate of drug-likeness (QED) is 0.727. The fraction of sp³-hybridized carbons (Fsp3) is 0.316. The van der Waals surface area contributed by atoms with Gasteiger partial charge in [-0.2, -0.15) is 4.31 Å². The molecule has 2 aromatic rings. The lowest BCUT2D eigenvalue weighted by molar-refractivity contribution is 0.0600. The van der Waals surface area contributed by atoms with Crippen molar-refractivity contribution in [3.05, 3.63) is 53.1 Å². The molecule has 0 N–H and O–H groups in total. The Hall–Kier alpha value is -2.58. The molecule has 0 amide bonds. The molecule has 7 nitrogen and oxygen atoms in total. The molecule has 1 heterocycles. The number of fused-ring (bicyclic) bond motifs is 1. The summed E-state index contributed by atoms with van der Waals surface area (Å²) in [6.07, 6.45) is 0.561. The minimum Gasteiger partial charge on any atom is -0.493 e. The summed E-state index contributed by atoms with van der Waals surface area (Å²) in [6, 6.07) is 9.56. The maximum atomic E-state index is 13.1. The molecule has 0 aromatic heterocycles. The second-order valence-corrected chi connectivity index (χ2v) is 8.02. The molecule has 1 aliphatic heterocycles. The van der Waals surface area contributed by atoms with Gasteiger partial charge in [0.05, 0.1) is 31.8 Å². The highest BCUT2D eigenvalue weighted by atomic mass is 32.2. The van der Waals surface area contributed by atoms with E-state index in [4.69, 9.17) is 9.47 Å². The van der Waals surface area contributed by atoms with E-state index in [1.54, 1.807) is 20.3 Å². The predicted octanol–water partition coefficient (Wildman–Crippen LogP) is 2.24. The summed E-state index contributed by atoms with van der Waals surface area (Å²) >= 11 is 0. The van der Waals surface area contributed by atoms with Crippen LogP contribution in [0.4, 0.5) is 0 Å². The van der Waals surface area contributed by atoms with Crippen molar-refractivity contribution in [2.75, 3.05) is 27.9 Å². The Balaban J connectivity index is 1.93. The van der Waals surface area contributed by atoms with Gasteiger partial charge in [0.2, 0.25) is 10.0 Å². The van der Waals surface area contributed by atoms with Crippen LogP contribution in [0.15, 0.2) is 41.3 Å². The summed E-state index contributed by atoms with van der Waals surface area (Å²) in [4.78, 5) is 11.8. The second-order valence-electron chi connectivity index (χ2n) is 6.08. The van der Waals surface area contributed by atoms with E-state index in [0.717, 1.165) is 11.1 Å². The van der Waals surface area contributed by atoms with Gasteiger partial charge in [-0.25, -0.2) is 13.2 Å². The molecule has 2 aromatic carbocycles. The molecule has 144 valence electrons. The predicted molar refractivity (Wildman–Crippen MR) is 98.6 cm³/mol. The van der Waals surface area contributed by atoms with E-state index in [9.17, 15) is 13.2 Å². The van der Waals surface area contributed by atoms with Crippen molar-refractivity contribution in [3.8, 4) is 11.5 Å². The molecule has 0 radical (unpaired) electrons. The summed E-state index contributed by atoms with van der Waals surface area (Å²) in [5.41, 5.74) is 2.09. The third-order valence-corrected chi connectivity index (χ3v) is 6.42. The summed E-state index contributed by atoms with van der Waals surface area (Å²) < 4.78 is 42.8. The molecule has 8 heteroatoms. The number of carbonyl (C=O) groups is 1. The van der Waals surface area contributed by atoms with Crippen molar-refractivity contribution in [1.29, 1.82) is 0 Å². The van der Waals surface area contributed by atoms with Crippen molar-refractivity contribution in [3.63, 3.8) is 0 Å². The number of rotatable bonds is 5. The van der Waals surface area contributed by atoms with E-state index in [2.05, 4.69) is 4.74 Å². The van der Waals surface area contributed by atoms with E-state index in [0.29, 0.717) is 24.5 Å². The number of methoxy groups -OCH3 is 3. The average molecular weight is 391 g/mol. The smallest absolute Gasteiger partial charge is 0.337 e. The zero-order chi connectivity index (χ0) is 19.6. The number of sulfonamides is 1. The Morgan fingerprint density at radius 3 is 2.30 bits per heavy atom. The molecule has 0 spiro atoms. The van der Waals surface area contributed by atoms with Gasteiger partial charge >= 0.3 is 5.97 Å². The van der Waals surface area contributed by atoms with Crippen LogP contribution in [0, 0.1) is 0 Å². The van der Waals surface area contributed by atoms with Crippen LogP contribution in [0.5, 0.6) is 11.5 Å². The summed E-state index contributed by atoms with van der Waals surface area (Å²) in [5.74, 6) is 0.606. The van der Waals surface area contributed by atoms with Crippen LogP contribution >= 0.6 is 0 Å². The number of benzene rings is 2. The van der Waals surface area contributed by atoms with Gasteiger partial charge < -0.3 is 14.2 Å². The van der Waals surface area contributed by atoms with Crippen LogP contribution in [-0.4, -0.2) is 46.6 Å². The molecule has 27 heavy (non-hydrogen) atoms. The standard InChI is InChI=1S/C19H21NO6S/c1-24-17-10-13-7-8-20(12-15(13)11-18(17)25-2)27(22,23)16-6-4-5-14(9-16)19(21)26-3/h4-6,9-11H,7-8,12H2,1-3H3. The third-order valence-electron chi connectivity index (χ3n) is 4.58. The molecule has 0 bridgehead atoms. The molecule has 0 saturated carbocycles. The molecule has 0 fully saturated rings. The zero-order valence-electron chi connectivity index (χ0n) is 15.4. The van der Waals surface area contributed by atoms with Gasteiger partial charge in [0.25, 0.3) is 0 Å². The van der Waals surface area contributed by atoms with Gasteiger partial charge in [0.1, 0.15) is 0 Å². The Kier molecular flexibility index (Phi) is 5.38. The monoisotopic (exact) mass is 391 g/mol. The van der Waals surface area contributed by atoms with Gasteiger partial charge in [-0.3, -0.25) is 0 Å². The van der Waals surface area contributed by atoms with Crippen LogP contribution in [0.25, 0.3) is 0 Å². The first kappa shape index (κ1) is 19.2. The van der Waals surface area contributed by atoms with Gasteiger partial charge in [-0.15, -0.1) is 0 Å². The maximum Gasteiger partial charge on any atom is 0.337 e. The largest absolute Gasteiger partial charge is 0.493 e. The first-order valence-electron chi connectivity index (χ1n) is 8.33. The van der Waals surface area contributed by atoms with Crippen LogP contribution in [-0.2, 0) is 27.7 Å². The number of hydrogen-bond donors (Lipinski definition) is 0. The summed E-state index contributed by atoms with van der Waals surface area (Å²) in [7, 11) is 0.615. The van der Waals surface area contributed by atoms with Crippen LogP contribution in [0.2, 0.25) is 0 Å². The molecule has 0 saturated heterocycles. The molecule has 0 atom stereocenters. The van der Waals surface area contributed by atoms with E-state index in [1.807, 2.05) is 6.07 Å². The molecule has 0 unspecified atom stereocenters. The van der Waals surface area contributed by atoms with E-state index < -0.39 is 16.0 Å². The van der Waals surface area contributed by atoms with Crippen molar-refractivity contribution >= 4 is 16.0 Å².